The van der Waals surface area contributed by atoms with Crippen LogP contribution in [0.1, 0.15) is 31.0 Å². The average Bonchev–Trinajstić information content (AvgIpc) is 2.78. The Kier molecular flexibility index (Phi) is 7.89. The van der Waals surface area contributed by atoms with Crippen LogP contribution in [0.25, 0.3) is 0 Å². The Morgan fingerprint density at radius 3 is 2.42 bits per heavy atom. The van der Waals surface area contributed by atoms with Crippen LogP contribution >= 0.6 is 0 Å². The Morgan fingerprint density at radius 2 is 1.77 bits per heavy atom. The zero-order chi connectivity index (χ0) is 22.2. The highest BCUT2D eigenvalue weighted by atomic mass is 16.5. The summed E-state index contributed by atoms with van der Waals surface area (Å²) in [6.45, 7) is 7.59. The number of hydrogen-bond donors (Lipinski definition) is 2. The minimum absolute atomic E-state index is 0.0489. The number of nitrogens with one attached hydrogen (secondary N) is 2. The Hall–Kier alpha value is -3.06. The fourth-order valence-corrected chi connectivity index (χ4v) is 3.70. The maximum Gasteiger partial charge on any atom is 0.317 e. The summed E-state index contributed by atoms with van der Waals surface area (Å²) in [6, 6.07) is 15.6. The van der Waals surface area contributed by atoms with E-state index >= 15 is 0 Å². The molecule has 2 aromatic carbocycles. The molecule has 0 saturated carbocycles. The van der Waals surface area contributed by atoms with E-state index in [0.29, 0.717) is 13.1 Å². The Labute approximate surface area is 184 Å². The van der Waals surface area contributed by atoms with Crippen LogP contribution < -0.4 is 15.4 Å². The van der Waals surface area contributed by atoms with Gasteiger partial charge in [0.25, 0.3) is 0 Å². The van der Waals surface area contributed by atoms with E-state index in [4.69, 9.17) is 4.74 Å². The third-order valence-corrected chi connectivity index (χ3v) is 5.58. The molecule has 166 valence electrons. The molecule has 7 nitrogen and oxygen atoms in total. The first-order valence-electron chi connectivity index (χ1n) is 10.7. The summed E-state index contributed by atoms with van der Waals surface area (Å²) in [7, 11) is 1.67. The number of methoxy groups -OCH3 is 1. The highest BCUT2D eigenvalue weighted by molar-refractivity contribution is 5.88. The molecule has 1 saturated heterocycles. The van der Waals surface area contributed by atoms with Gasteiger partial charge in [-0.1, -0.05) is 24.3 Å². The molecule has 1 heterocycles. The molecule has 0 radical (unpaired) electrons. The highest BCUT2D eigenvalue weighted by Gasteiger charge is 2.22. The lowest BCUT2D eigenvalue weighted by Gasteiger charge is -2.35. The number of urea groups is 1. The number of ether oxygens (including phenoxy) is 1. The van der Waals surface area contributed by atoms with Crippen molar-refractivity contribution in [1.82, 2.24) is 15.1 Å². The van der Waals surface area contributed by atoms with E-state index in [2.05, 4.69) is 27.7 Å². The number of benzene rings is 2. The molecular weight excluding hydrogens is 392 g/mol. The van der Waals surface area contributed by atoms with Crippen LogP contribution in [0.2, 0.25) is 0 Å². The monoisotopic (exact) mass is 424 g/mol. The first-order chi connectivity index (χ1) is 14.9. The zero-order valence-corrected chi connectivity index (χ0v) is 18.6. The number of rotatable bonds is 7. The number of hydrogen-bond acceptors (Lipinski definition) is 4. The molecular formula is C24H32N4O3. The van der Waals surface area contributed by atoms with Crippen LogP contribution in [-0.2, 0) is 11.2 Å². The van der Waals surface area contributed by atoms with Crippen molar-refractivity contribution in [2.45, 2.75) is 26.3 Å². The van der Waals surface area contributed by atoms with E-state index in [0.717, 1.165) is 43.1 Å². The summed E-state index contributed by atoms with van der Waals surface area (Å²) in [5.41, 5.74) is 2.98. The van der Waals surface area contributed by atoms with Gasteiger partial charge >= 0.3 is 6.03 Å². The van der Waals surface area contributed by atoms with Crippen LogP contribution in [0.3, 0.4) is 0 Å². The molecule has 3 amide bonds. The Morgan fingerprint density at radius 1 is 1.06 bits per heavy atom. The number of piperazine rings is 1. The highest BCUT2D eigenvalue weighted by Crippen LogP contribution is 2.18. The van der Waals surface area contributed by atoms with E-state index in [1.165, 1.54) is 12.5 Å². The van der Waals surface area contributed by atoms with E-state index < -0.39 is 0 Å². The number of nitrogens with zero attached hydrogens (tertiary/aromatic N) is 2. The van der Waals surface area contributed by atoms with Gasteiger partial charge in [0.2, 0.25) is 5.91 Å². The molecule has 2 aromatic rings. The minimum atomic E-state index is -0.144. The van der Waals surface area contributed by atoms with Gasteiger partial charge in [-0.05, 0) is 48.7 Å². The minimum Gasteiger partial charge on any atom is -0.497 e. The number of carbonyl (C=O) groups is 2. The molecule has 3 rings (SSSR count). The molecule has 1 fully saturated rings. The Bertz CT molecular complexity index is 877. The second-order valence-corrected chi connectivity index (χ2v) is 7.90. The molecule has 31 heavy (non-hydrogen) atoms. The summed E-state index contributed by atoms with van der Waals surface area (Å²) < 4.78 is 5.20. The topological polar surface area (TPSA) is 73.9 Å². The van der Waals surface area contributed by atoms with Gasteiger partial charge in [-0.3, -0.25) is 9.69 Å². The van der Waals surface area contributed by atoms with Crippen molar-refractivity contribution in [3.63, 3.8) is 0 Å². The van der Waals surface area contributed by atoms with Gasteiger partial charge in [0.1, 0.15) is 5.75 Å². The van der Waals surface area contributed by atoms with Crippen molar-refractivity contribution in [3.8, 4) is 5.75 Å². The van der Waals surface area contributed by atoms with Crippen LogP contribution in [-0.4, -0.2) is 61.6 Å². The van der Waals surface area contributed by atoms with Crippen LogP contribution in [0, 0.1) is 0 Å². The summed E-state index contributed by atoms with van der Waals surface area (Å²) in [4.78, 5) is 28.2. The maximum atomic E-state index is 12.7. The van der Waals surface area contributed by atoms with E-state index in [-0.39, 0.29) is 18.0 Å². The van der Waals surface area contributed by atoms with Crippen LogP contribution in [0.5, 0.6) is 5.75 Å². The summed E-state index contributed by atoms with van der Waals surface area (Å²) in [5.74, 6) is 0.762. The quantitative estimate of drug-likeness (QED) is 0.715. The van der Waals surface area contributed by atoms with E-state index in [9.17, 15) is 9.59 Å². The van der Waals surface area contributed by atoms with Crippen molar-refractivity contribution >= 4 is 17.6 Å². The molecule has 1 atom stereocenters. The van der Waals surface area contributed by atoms with Crippen LogP contribution in [0.4, 0.5) is 10.5 Å². The zero-order valence-electron chi connectivity index (χ0n) is 18.6. The lowest BCUT2D eigenvalue weighted by molar-refractivity contribution is -0.114. The largest absolute Gasteiger partial charge is 0.497 e. The lowest BCUT2D eigenvalue weighted by Crippen LogP contribution is -2.52. The van der Waals surface area contributed by atoms with Crippen molar-refractivity contribution in [2.24, 2.45) is 0 Å². The van der Waals surface area contributed by atoms with Crippen molar-refractivity contribution in [1.29, 1.82) is 0 Å². The molecule has 0 spiro atoms. The average molecular weight is 425 g/mol. The predicted octanol–water partition coefficient (Wildman–Crippen LogP) is 3.28. The van der Waals surface area contributed by atoms with Crippen molar-refractivity contribution < 1.29 is 14.3 Å². The number of carbonyl (C=O) groups excluding carboxylic acids is 2. The van der Waals surface area contributed by atoms with Gasteiger partial charge in [-0.15, -0.1) is 0 Å². The van der Waals surface area contributed by atoms with Gasteiger partial charge < -0.3 is 20.3 Å². The molecule has 2 N–H and O–H groups in total. The first kappa shape index (κ1) is 22.6. The summed E-state index contributed by atoms with van der Waals surface area (Å²) in [5, 5.41) is 5.85. The van der Waals surface area contributed by atoms with E-state index in [1.54, 1.807) is 7.11 Å². The second kappa shape index (κ2) is 10.8. The molecule has 0 bridgehead atoms. The summed E-state index contributed by atoms with van der Waals surface area (Å²) >= 11 is 0. The van der Waals surface area contributed by atoms with Crippen molar-refractivity contribution in [2.75, 3.05) is 45.2 Å². The number of anilines is 1. The fraction of sp³-hybridized carbons (Fsp3) is 0.417. The fourth-order valence-electron chi connectivity index (χ4n) is 3.70. The summed E-state index contributed by atoms with van der Waals surface area (Å²) in [6.07, 6.45) is 0.984. The molecule has 1 aliphatic heterocycles. The Balaban J connectivity index is 1.43. The van der Waals surface area contributed by atoms with Gasteiger partial charge in [0.15, 0.2) is 0 Å². The SMILES string of the molecule is COc1ccc(CCN2CCN(C(=O)NC(C)c3cccc(NC(C)=O)c3)CC2)cc1. The smallest absolute Gasteiger partial charge is 0.317 e. The second-order valence-electron chi connectivity index (χ2n) is 7.90. The predicted molar refractivity (Wildman–Crippen MR) is 122 cm³/mol. The molecule has 0 aliphatic carbocycles. The number of amides is 3. The standard InChI is InChI=1S/C24H32N4O3/c1-18(21-5-4-6-22(17-21)26-19(2)29)25-24(30)28-15-13-27(14-16-28)12-11-20-7-9-23(31-3)10-8-20/h4-10,17-18H,11-16H2,1-3H3,(H,25,30)(H,26,29). The molecule has 1 unspecified atom stereocenters. The third kappa shape index (κ3) is 6.72. The van der Waals surface area contributed by atoms with Gasteiger partial charge in [0, 0.05) is 45.3 Å². The molecule has 0 aromatic heterocycles. The first-order valence-corrected chi connectivity index (χ1v) is 10.7. The van der Waals surface area contributed by atoms with Crippen molar-refractivity contribution in [3.05, 3.63) is 59.7 Å². The third-order valence-electron chi connectivity index (χ3n) is 5.58. The van der Waals surface area contributed by atoms with Gasteiger partial charge in [-0.2, -0.15) is 0 Å². The van der Waals surface area contributed by atoms with Gasteiger partial charge in [0.05, 0.1) is 13.2 Å². The van der Waals surface area contributed by atoms with Gasteiger partial charge in [-0.25, -0.2) is 4.79 Å². The maximum absolute atomic E-state index is 12.7. The lowest BCUT2D eigenvalue weighted by atomic mass is 10.1. The molecule has 7 heteroatoms. The normalized spacial score (nSPS) is 15.3. The van der Waals surface area contributed by atoms with E-state index in [1.807, 2.05) is 48.2 Å². The van der Waals surface area contributed by atoms with Crippen LogP contribution in [0.15, 0.2) is 48.5 Å². The molecule has 1 aliphatic rings.